The van der Waals surface area contributed by atoms with Gasteiger partial charge in [-0.2, -0.15) is 0 Å². The molecular formula is C15H20N2O2S. The molecule has 1 atom stereocenters. The molecule has 2 N–H and O–H groups in total. The molecule has 2 aromatic rings. The highest BCUT2D eigenvalue weighted by atomic mass is 32.1. The molecule has 1 unspecified atom stereocenters. The van der Waals surface area contributed by atoms with Crippen molar-refractivity contribution < 1.29 is 9.84 Å². The van der Waals surface area contributed by atoms with Crippen LogP contribution in [0.4, 0.5) is 0 Å². The molecule has 4 nitrogen and oxygen atoms in total. The largest absolute Gasteiger partial charge is 0.504 e. The first-order valence-electron chi connectivity index (χ1n) is 6.72. The Morgan fingerprint density at radius 3 is 2.95 bits per heavy atom. The van der Waals surface area contributed by atoms with E-state index in [1.165, 1.54) is 0 Å². The Balaban J connectivity index is 2.20. The van der Waals surface area contributed by atoms with Gasteiger partial charge in [0.2, 0.25) is 0 Å². The zero-order valence-electron chi connectivity index (χ0n) is 12.0. The molecule has 0 saturated heterocycles. The number of hydrogen-bond donors (Lipinski definition) is 2. The van der Waals surface area contributed by atoms with Crippen molar-refractivity contribution >= 4 is 11.3 Å². The summed E-state index contributed by atoms with van der Waals surface area (Å²) in [5, 5.41) is 16.1. The van der Waals surface area contributed by atoms with Gasteiger partial charge in [-0.25, -0.2) is 4.98 Å². The maximum Gasteiger partial charge on any atom is 0.161 e. The van der Waals surface area contributed by atoms with Crippen LogP contribution in [0.5, 0.6) is 11.5 Å². The van der Waals surface area contributed by atoms with Crippen molar-refractivity contribution in [1.82, 2.24) is 10.3 Å². The fourth-order valence-electron chi connectivity index (χ4n) is 1.89. The monoisotopic (exact) mass is 292 g/mol. The fourth-order valence-corrected chi connectivity index (χ4v) is 2.80. The van der Waals surface area contributed by atoms with Crippen molar-refractivity contribution in [3.8, 4) is 22.1 Å². The molecule has 0 radical (unpaired) electrons. The lowest BCUT2D eigenvalue weighted by atomic mass is 10.2. The zero-order valence-corrected chi connectivity index (χ0v) is 12.8. The van der Waals surface area contributed by atoms with Crippen molar-refractivity contribution in [2.24, 2.45) is 0 Å². The Hall–Kier alpha value is -1.59. The van der Waals surface area contributed by atoms with Gasteiger partial charge in [-0.05, 0) is 38.1 Å². The van der Waals surface area contributed by atoms with Crippen molar-refractivity contribution in [1.29, 1.82) is 0 Å². The number of ether oxygens (including phenoxy) is 1. The third kappa shape index (κ3) is 3.29. The van der Waals surface area contributed by atoms with Gasteiger partial charge in [0.15, 0.2) is 11.5 Å². The Bertz CT molecular complexity index is 569. The van der Waals surface area contributed by atoms with Crippen LogP contribution < -0.4 is 10.1 Å². The van der Waals surface area contributed by atoms with Crippen LogP contribution >= 0.6 is 11.3 Å². The normalized spacial score (nSPS) is 12.3. The van der Waals surface area contributed by atoms with Gasteiger partial charge < -0.3 is 15.2 Å². The SMILES string of the molecule is CCCNC(C)c1csc(-c2ccc(O)c(OC)c2)n1. The van der Waals surface area contributed by atoms with Crippen LogP contribution in [-0.4, -0.2) is 23.7 Å². The van der Waals surface area contributed by atoms with E-state index in [9.17, 15) is 5.11 Å². The summed E-state index contributed by atoms with van der Waals surface area (Å²) in [6, 6.07) is 5.54. The quantitative estimate of drug-likeness (QED) is 0.854. The number of rotatable bonds is 6. The molecule has 0 amide bonds. The first-order chi connectivity index (χ1) is 9.65. The van der Waals surface area contributed by atoms with Crippen LogP contribution in [0, 0.1) is 0 Å². The van der Waals surface area contributed by atoms with Gasteiger partial charge >= 0.3 is 0 Å². The smallest absolute Gasteiger partial charge is 0.161 e. The highest BCUT2D eigenvalue weighted by molar-refractivity contribution is 7.13. The number of thiazole rings is 1. The third-order valence-corrected chi connectivity index (χ3v) is 4.00. The number of nitrogens with zero attached hydrogens (tertiary/aromatic N) is 1. The van der Waals surface area contributed by atoms with Gasteiger partial charge in [0.1, 0.15) is 5.01 Å². The second kappa shape index (κ2) is 6.72. The van der Waals surface area contributed by atoms with E-state index >= 15 is 0 Å². The first-order valence-corrected chi connectivity index (χ1v) is 7.59. The van der Waals surface area contributed by atoms with Crippen molar-refractivity contribution in [3.05, 3.63) is 29.3 Å². The van der Waals surface area contributed by atoms with Crippen LogP contribution in [0.25, 0.3) is 10.6 Å². The van der Waals surface area contributed by atoms with Gasteiger partial charge in [-0.1, -0.05) is 6.92 Å². The summed E-state index contributed by atoms with van der Waals surface area (Å²) < 4.78 is 5.13. The zero-order chi connectivity index (χ0) is 14.5. The first kappa shape index (κ1) is 14.8. The van der Waals surface area contributed by atoms with E-state index in [2.05, 4.69) is 29.5 Å². The average molecular weight is 292 g/mol. The molecule has 0 saturated carbocycles. The van der Waals surface area contributed by atoms with Crippen LogP contribution in [0.15, 0.2) is 23.6 Å². The maximum atomic E-state index is 9.62. The van der Waals surface area contributed by atoms with Crippen molar-refractivity contribution in [2.75, 3.05) is 13.7 Å². The molecule has 108 valence electrons. The standard InChI is InChI=1S/C15H20N2O2S/c1-4-7-16-10(2)12-9-20-15(17-12)11-5-6-13(18)14(8-11)19-3/h5-6,8-10,16,18H,4,7H2,1-3H3. The molecule has 0 aliphatic heterocycles. The maximum absolute atomic E-state index is 9.62. The third-order valence-electron chi connectivity index (χ3n) is 3.09. The average Bonchev–Trinajstić information content (AvgIpc) is 2.95. The summed E-state index contributed by atoms with van der Waals surface area (Å²) in [6.07, 6.45) is 1.11. The molecule has 1 heterocycles. The van der Waals surface area contributed by atoms with Crippen LogP contribution in [0.3, 0.4) is 0 Å². The van der Waals surface area contributed by atoms with Gasteiger partial charge in [-0.3, -0.25) is 0 Å². The summed E-state index contributed by atoms with van der Waals surface area (Å²) in [6.45, 7) is 5.25. The lowest BCUT2D eigenvalue weighted by Gasteiger charge is -2.09. The van der Waals surface area contributed by atoms with Gasteiger partial charge in [0.05, 0.1) is 12.8 Å². The summed E-state index contributed by atoms with van der Waals surface area (Å²) >= 11 is 1.60. The van der Waals surface area contributed by atoms with E-state index in [0.29, 0.717) is 5.75 Å². The van der Waals surface area contributed by atoms with E-state index in [4.69, 9.17) is 4.74 Å². The Morgan fingerprint density at radius 2 is 2.25 bits per heavy atom. The fraction of sp³-hybridized carbons (Fsp3) is 0.400. The second-order valence-electron chi connectivity index (χ2n) is 4.64. The molecule has 0 spiro atoms. The number of aromatic nitrogens is 1. The highest BCUT2D eigenvalue weighted by Crippen LogP contribution is 2.33. The van der Waals surface area contributed by atoms with Crippen LogP contribution in [0.2, 0.25) is 0 Å². The summed E-state index contributed by atoms with van der Waals surface area (Å²) in [5.41, 5.74) is 2.00. The van der Waals surface area contributed by atoms with E-state index in [0.717, 1.165) is 29.2 Å². The summed E-state index contributed by atoms with van der Waals surface area (Å²) in [4.78, 5) is 4.66. The van der Waals surface area contributed by atoms with E-state index in [1.54, 1.807) is 24.5 Å². The van der Waals surface area contributed by atoms with Crippen molar-refractivity contribution in [3.63, 3.8) is 0 Å². The Labute approximate surface area is 123 Å². The molecule has 2 rings (SSSR count). The number of hydrogen-bond acceptors (Lipinski definition) is 5. The topological polar surface area (TPSA) is 54.4 Å². The second-order valence-corrected chi connectivity index (χ2v) is 5.50. The van der Waals surface area contributed by atoms with Crippen LogP contribution in [0.1, 0.15) is 32.0 Å². The lowest BCUT2D eigenvalue weighted by Crippen LogP contribution is -2.19. The number of phenols is 1. The number of phenolic OH excluding ortho intramolecular Hbond substituents is 1. The minimum Gasteiger partial charge on any atom is -0.504 e. The predicted molar refractivity (Wildman–Crippen MR) is 82.5 cm³/mol. The minimum atomic E-state index is 0.144. The van der Waals surface area contributed by atoms with Gasteiger partial charge in [0, 0.05) is 17.0 Å². The number of methoxy groups -OCH3 is 1. The van der Waals surface area contributed by atoms with Gasteiger partial charge in [0.25, 0.3) is 0 Å². The van der Waals surface area contributed by atoms with E-state index in [-0.39, 0.29) is 11.8 Å². The lowest BCUT2D eigenvalue weighted by molar-refractivity contribution is 0.373. The highest BCUT2D eigenvalue weighted by Gasteiger charge is 2.12. The van der Waals surface area contributed by atoms with Crippen molar-refractivity contribution in [2.45, 2.75) is 26.3 Å². The Morgan fingerprint density at radius 1 is 1.45 bits per heavy atom. The van der Waals surface area contributed by atoms with E-state index < -0.39 is 0 Å². The summed E-state index contributed by atoms with van der Waals surface area (Å²) in [7, 11) is 1.54. The number of nitrogens with one attached hydrogen (secondary N) is 1. The Kier molecular flexibility index (Phi) is 4.98. The predicted octanol–water partition coefficient (Wildman–Crippen LogP) is 3.58. The van der Waals surface area contributed by atoms with E-state index in [1.807, 2.05) is 12.1 Å². The molecular weight excluding hydrogens is 272 g/mol. The minimum absolute atomic E-state index is 0.144. The van der Waals surface area contributed by atoms with Gasteiger partial charge in [-0.15, -0.1) is 11.3 Å². The van der Waals surface area contributed by atoms with Crippen LogP contribution in [-0.2, 0) is 0 Å². The molecule has 0 fully saturated rings. The molecule has 0 aliphatic carbocycles. The molecule has 0 bridgehead atoms. The molecule has 5 heteroatoms. The number of aromatic hydroxyl groups is 1. The summed E-state index contributed by atoms with van der Waals surface area (Å²) in [5.74, 6) is 0.613. The molecule has 1 aromatic heterocycles. The molecule has 20 heavy (non-hydrogen) atoms. The molecule has 1 aromatic carbocycles. The number of benzene rings is 1. The molecule has 0 aliphatic rings.